The molecule has 0 spiro atoms. The van der Waals surface area contributed by atoms with E-state index in [0.29, 0.717) is 5.56 Å². The zero-order valence-electron chi connectivity index (χ0n) is 18.6. The van der Waals surface area contributed by atoms with E-state index in [-0.39, 0.29) is 0 Å². The van der Waals surface area contributed by atoms with Crippen LogP contribution in [0.4, 0.5) is 5.69 Å². The number of carboxylic acids is 1. The Morgan fingerprint density at radius 1 is 0.938 bits per heavy atom. The number of carboxylic acid groups (broad SMARTS) is 1. The fraction of sp³-hybridized carbons (Fsp3) is 0.296. The van der Waals surface area contributed by atoms with Crippen molar-refractivity contribution in [2.75, 3.05) is 25.7 Å². The van der Waals surface area contributed by atoms with Gasteiger partial charge in [-0.05, 0) is 72.2 Å². The molecule has 5 heteroatoms. The van der Waals surface area contributed by atoms with Gasteiger partial charge in [0.1, 0.15) is 11.5 Å². The quantitative estimate of drug-likeness (QED) is 0.535. The van der Waals surface area contributed by atoms with Gasteiger partial charge in [-0.25, -0.2) is 4.79 Å². The zero-order valence-corrected chi connectivity index (χ0v) is 18.6. The molecule has 166 valence electrons. The number of methoxy groups -OCH3 is 2. The van der Waals surface area contributed by atoms with Crippen LogP contribution >= 0.6 is 0 Å². The van der Waals surface area contributed by atoms with Crippen molar-refractivity contribution < 1.29 is 19.4 Å². The Labute approximate surface area is 189 Å². The first kappa shape index (κ1) is 21.8. The summed E-state index contributed by atoms with van der Waals surface area (Å²) < 4.78 is 10.9. The molecule has 0 saturated carbocycles. The molecular weight excluding hydrogens is 402 g/mol. The van der Waals surface area contributed by atoms with Crippen molar-refractivity contribution >= 4 is 11.7 Å². The number of carbonyl (C=O) groups is 1. The molecule has 1 heterocycles. The molecule has 0 bridgehead atoms. The van der Waals surface area contributed by atoms with Crippen LogP contribution in [-0.4, -0.2) is 31.8 Å². The van der Waals surface area contributed by atoms with Crippen LogP contribution in [-0.2, 0) is 25.8 Å². The average Bonchev–Trinajstić information content (AvgIpc) is 2.82. The number of ether oxygens (including phenoxy) is 2. The second kappa shape index (κ2) is 9.77. The number of rotatable bonds is 8. The molecule has 0 saturated heterocycles. The second-order valence-corrected chi connectivity index (χ2v) is 8.17. The smallest absolute Gasteiger partial charge is 0.335 e. The first-order valence-electron chi connectivity index (χ1n) is 11.0. The maximum atomic E-state index is 11.1. The van der Waals surface area contributed by atoms with Crippen molar-refractivity contribution in [3.05, 3.63) is 88.5 Å². The van der Waals surface area contributed by atoms with E-state index < -0.39 is 5.97 Å². The number of fused-ring (bicyclic) bond motifs is 1. The second-order valence-electron chi connectivity index (χ2n) is 8.17. The largest absolute Gasteiger partial charge is 0.497 e. The highest BCUT2D eigenvalue weighted by Crippen LogP contribution is 2.34. The number of benzene rings is 3. The van der Waals surface area contributed by atoms with Gasteiger partial charge in [0, 0.05) is 24.8 Å². The summed E-state index contributed by atoms with van der Waals surface area (Å²) in [4.78, 5) is 13.6. The van der Waals surface area contributed by atoms with Gasteiger partial charge in [-0.3, -0.25) is 0 Å². The van der Waals surface area contributed by atoms with Gasteiger partial charge in [0.15, 0.2) is 0 Å². The van der Waals surface area contributed by atoms with E-state index in [1.165, 1.54) is 16.8 Å². The lowest BCUT2D eigenvalue weighted by Gasteiger charge is -2.34. The Kier molecular flexibility index (Phi) is 6.64. The fourth-order valence-corrected chi connectivity index (χ4v) is 4.46. The maximum absolute atomic E-state index is 11.1. The van der Waals surface area contributed by atoms with Gasteiger partial charge in [0.2, 0.25) is 0 Å². The fourth-order valence-electron chi connectivity index (χ4n) is 4.46. The number of para-hydroxylation sites is 1. The topological polar surface area (TPSA) is 59.0 Å². The average molecular weight is 432 g/mol. The molecule has 0 aromatic heterocycles. The van der Waals surface area contributed by atoms with Crippen LogP contribution in [0.5, 0.6) is 11.5 Å². The lowest BCUT2D eigenvalue weighted by molar-refractivity contribution is 0.0697. The highest BCUT2D eigenvalue weighted by Gasteiger charge is 2.21. The minimum atomic E-state index is -0.890. The Balaban J connectivity index is 1.56. The minimum Gasteiger partial charge on any atom is -0.497 e. The van der Waals surface area contributed by atoms with Crippen LogP contribution in [0, 0.1) is 0 Å². The summed E-state index contributed by atoms with van der Waals surface area (Å²) in [5.74, 6) is 0.711. The van der Waals surface area contributed by atoms with Crippen LogP contribution in [0.15, 0.2) is 60.7 Å². The zero-order chi connectivity index (χ0) is 22.5. The molecule has 1 N–H and O–H groups in total. The van der Waals surface area contributed by atoms with Gasteiger partial charge in [-0.1, -0.05) is 30.3 Å². The van der Waals surface area contributed by atoms with E-state index in [4.69, 9.17) is 14.6 Å². The Morgan fingerprint density at radius 2 is 1.66 bits per heavy atom. The third kappa shape index (κ3) is 4.88. The Hall–Kier alpha value is -3.47. The lowest BCUT2D eigenvalue weighted by atomic mass is 9.93. The molecule has 0 amide bonds. The van der Waals surface area contributed by atoms with Crippen molar-refractivity contribution in [3.63, 3.8) is 0 Å². The number of hydrogen-bond donors (Lipinski definition) is 1. The van der Waals surface area contributed by atoms with Crippen molar-refractivity contribution in [2.24, 2.45) is 0 Å². The van der Waals surface area contributed by atoms with E-state index >= 15 is 0 Å². The predicted octanol–water partition coefficient (Wildman–Crippen LogP) is 5.14. The van der Waals surface area contributed by atoms with Crippen molar-refractivity contribution in [1.82, 2.24) is 0 Å². The molecule has 1 aliphatic heterocycles. The highest BCUT2D eigenvalue weighted by atomic mass is 16.5. The summed E-state index contributed by atoms with van der Waals surface area (Å²) in [5.41, 5.74) is 6.69. The van der Waals surface area contributed by atoms with Crippen molar-refractivity contribution in [2.45, 2.75) is 32.2 Å². The maximum Gasteiger partial charge on any atom is 0.335 e. The summed E-state index contributed by atoms with van der Waals surface area (Å²) in [6, 6.07) is 19.8. The van der Waals surface area contributed by atoms with Crippen molar-refractivity contribution in [3.8, 4) is 11.5 Å². The van der Waals surface area contributed by atoms with Gasteiger partial charge >= 0.3 is 5.97 Å². The molecule has 0 fully saturated rings. The van der Waals surface area contributed by atoms with E-state index in [2.05, 4.69) is 35.2 Å². The van der Waals surface area contributed by atoms with Crippen LogP contribution in [0.3, 0.4) is 0 Å². The third-order valence-corrected chi connectivity index (χ3v) is 6.06. The molecule has 3 aromatic carbocycles. The summed E-state index contributed by atoms with van der Waals surface area (Å²) in [7, 11) is 3.35. The first-order valence-corrected chi connectivity index (χ1v) is 11.0. The van der Waals surface area contributed by atoms with Gasteiger partial charge in [0.25, 0.3) is 0 Å². The van der Waals surface area contributed by atoms with Gasteiger partial charge in [-0.15, -0.1) is 0 Å². The molecule has 0 unspecified atom stereocenters. The number of aromatic carboxylic acids is 1. The molecule has 32 heavy (non-hydrogen) atoms. The molecule has 5 nitrogen and oxygen atoms in total. The van der Waals surface area contributed by atoms with Crippen LogP contribution in [0.2, 0.25) is 0 Å². The Bertz CT molecular complexity index is 1070. The van der Waals surface area contributed by atoms with Gasteiger partial charge in [-0.2, -0.15) is 0 Å². The Morgan fingerprint density at radius 3 is 2.31 bits per heavy atom. The first-order chi connectivity index (χ1) is 15.6. The summed E-state index contributed by atoms with van der Waals surface area (Å²) in [6.45, 7) is 1.81. The molecular formula is C27H29NO4. The monoisotopic (exact) mass is 431 g/mol. The highest BCUT2D eigenvalue weighted by molar-refractivity contribution is 5.87. The normalized spacial score (nSPS) is 12.9. The summed E-state index contributed by atoms with van der Waals surface area (Å²) in [6.07, 6.45) is 4.01. The summed E-state index contributed by atoms with van der Waals surface area (Å²) in [5, 5.41) is 9.11. The summed E-state index contributed by atoms with van der Waals surface area (Å²) >= 11 is 0. The van der Waals surface area contributed by atoms with E-state index in [1.54, 1.807) is 26.4 Å². The van der Waals surface area contributed by atoms with E-state index in [1.807, 2.05) is 18.2 Å². The number of hydrogen-bond acceptors (Lipinski definition) is 4. The number of aryl methyl sites for hydroxylation is 3. The molecule has 0 radical (unpaired) electrons. The van der Waals surface area contributed by atoms with Crippen LogP contribution in [0.1, 0.15) is 39.0 Å². The van der Waals surface area contributed by atoms with Crippen LogP contribution in [0.25, 0.3) is 0 Å². The molecule has 1 aliphatic rings. The van der Waals surface area contributed by atoms with Gasteiger partial charge in [0.05, 0.1) is 19.8 Å². The molecule has 4 rings (SSSR count). The molecule has 0 aliphatic carbocycles. The molecule has 3 aromatic rings. The lowest BCUT2D eigenvalue weighted by Crippen LogP contribution is -2.30. The van der Waals surface area contributed by atoms with E-state index in [0.717, 1.165) is 61.4 Å². The van der Waals surface area contributed by atoms with Crippen molar-refractivity contribution in [1.29, 1.82) is 0 Å². The SMILES string of the molecule is COc1cc(CN2CCCc3cccc(CCc4ccc(C(=O)O)cc4)c32)cc(OC)c1. The van der Waals surface area contributed by atoms with E-state index in [9.17, 15) is 4.79 Å². The molecule has 0 atom stereocenters. The van der Waals surface area contributed by atoms with Gasteiger partial charge < -0.3 is 19.5 Å². The van der Waals surface area contributed by atoms with Crippen LogP contribution < -0.4 is 14.4 Å². The third-order valence-electron chi connectivity index (χ3n) is 6.06. The number of nitrogens with zero attached hydrogens (tertiary/aromatic N) is 1. The minimum absolute atomic E-state index is 0.325. The number of anilines is 1. The predicted molar refractivity (Wildman–Crippen MR) is 126 cm³/mol. The standard InChI is InChI=1S/C27H29NO4/c1-31-24-15-20(16-25(17-24)32-2)18-28-14-4-7-21-5-3-6-22(26(21)28)11-8-19-9-12-23(13-10-19)27(29)30/h3,5-6,9-10,12-13,15-17H,4,7-8,11,14,18H2,1-2H3,(H,29,30).